The van der Waals surface area contributed by atoms with Crippen LogP contribution in [0.1, 0.15) is 35.4 Å². The Hall–Kier alpha value is -0.440. The van der Waals surface area contributed by atoms with Gasteiger partial charge in [-0.1, -0.05) is 0 Å². The fourth-order valence-corrected chi connectivity index (χ4v) is 6.17. The van der Waals surface area contributed by atoms with Crippen molar-refractivity contribution < 1.29 is 18.3 Å². The van der Waals surface area contributed by atoms with Gasteiger partial charge in [-0.3, -0.25) is 0 Å². The lowest BCUT2D eigenvalue weighted by molar-refractivity contribution is 0.0702. The summed E-state index contributed by atoms with van der Waals surface area (Å²) in [4.78, 5) is 11.1. The molecule has 1 aromatic heterocycles. The van der Waals surface area contributed by atoms with Crippen molar-refractivity contribution >= 4 is 43.3 Å². The van der Waals surface area contributed by atoms with Gasteiger partial charge < -0.3 is 5.11 Å². The Morgan fingerprint density at radius 2 is 1.81 bits per heavy atom. The molecule has 0 radical (unpaired) electrons. The molecule has 0 bridgehead atoms. The molecule has 0 saturated heterocycles. The van der Waals surface area contributed by atoms with Crippen molar-refractivity contribution in [3.8, 4) is 0 Å². The maximum absolute atomic E-state index is 12.8. The predicted molar refractivity (Wildman–Crippen MR) is 83.2 cm³/mol. The van der Waals surface area contributed by atoms with Crippen LogP contribution in [0.4, 0.5) is 0 Å². The van der Waals surface area contributed by atoms with Gasteiger partial charge in [0.25, 0.3) is 0 Å². The van der Waals surface area contributed by atoms with Gasteiger partial charge in [0.1, 0.15) is 9.77 Å². The minimum Gasteiger partial charge on any atom is -0.477 e. The molecule has 2 aliphatic carbocycles. The van der Waals surface area contributed by atoms with Crippen molar-refractivity contribution in [2.75, 3.05) is 13.1 Å². The Kier molecular flexibility index (Phi) is 4.15. The number of aromatic carboxylic acids is 1. The van der Waals surface area contributed by atoms with Crippen LogP contribution in [0.3, 0.4) is 0 Å². The van der Waals surface area contributed by atoms with Gasteiger partial charge in [0.05, 0.1) is 3.79 Å². The fraction of sp³-hybridized carbons (Fsp3) is 0.615. The van der Waals surface area contributed by atoms with Crippen LogP contribution in [-0.2, 0) is 10.0 Å². The van der Waals surface area contributed by atoms with Gasteiger partial charge >= 0.3 is 5.97 Å². The molecule has 1 heterocycles. The topological polar surface area (TPSA) is 74.7 Å². The standard InChI is InChI=1S/C13H16BrNO4S2/c14-12-11(5-10(20-12)13(16)17)21(18,19)15(6-8-1-2-8)7-9-3-4-9/h5,8-9H,1-4,6-7H2,(H,16,17). The Balaban J connectivity index is 1.89. The van der Waals surface area contributed by atoms with E-state index in [9.17, 15) is 13.2 Å². The maximum atomic E-state index is 12.8. The molecule has 2 aliphatic rings. The van der Waals surface area contributed by atoms with Gasteiger partial charge in [-0.2, -0.15) is 4.31 Å². The molecule has 8 heteroatoms. The second-order valence-electron chi connectivity index (χ2n) is 5.76. The van der Waals surface area contributed by atoms with Crippen LogP contribution < -0.4 is 0 Å². The molecule has 2 saturated carbocycles. The lowest BCUT2D eigenvalue weighted by Crippen LogP contribution is -2.34. The van der Waals surface area contributed by atoms with Crippen molar-refractivity contribution in [3.05, 3.63) is 14.7 Å². The number of rotatable bonds is 7. The lowest BCUT2D eigenvalue weighted by Gasteiger charge is -2.21. The summed E-state index contributed by atoms with van der Waals surface area (Å²) in [5.41, 5.74) is 0. The number of nitrogens with zero attached hydrogens (tertiary/aromatic N) is 1. The number of thiophene rings is 1. The molecule has 0 spiro atoms. The predicted octanol–water partition coefficient (Wildman–Crippen LogP) is 3.02. The molecule has 0 unspecified atom stereocenters. The van der Waals surface area contributed by atoms with Crippen molar-refractivity contribution in [2.24, 2.45) is 11.8 Å². The molecular weight excluding hydrogens is 378 g/mol. The Bertz CT molecular complexity index is 648. The summed E-state index contributed by atoms with van der Waals surface area (Å²) >= 11 is 4.15. The third-order valence-corrected chi connectivity index (χ3v) is 7.87. The Morgan fingerprint density at radius 3 is 2.19 bits per heavy atom. The third kappa shape index (κ3) is 3.49. The minimum absolute atomic E-state index is 0.0400. The Morgan fingerprint density at radius 1 is 1.29 bits per heavy atom. The van der Waals surface area contributed by atoms with E-state index >= 15 is 0 Å². The molecule has 1 N–H and O–H groups in total. The number of carboxylic acids is 1. The van der Waals surface area contributed by atoms with Crippen molar-refractivity contribution in [3.63, 3.8) is 0 Å². The highest BCUT2D eigenvalue weighted by Gasteiger charge is 2.37. The summed E-state index contributed by atoms with van der Waals surface area (Å²) in [5, 5.41) is 9.02. The average molecular weight is 394 g/mol. The van der Waals surface area contributed by atoms with Crippen molar-refractivity contribution in [1.82, 2.24) is 4.31 Å². The quantitative estimate of drug-likeness (QED) is 0.772. The first-order chi connectivity index (χ1) is 9.88. The summed E-state index contributed by atoms with van der Waals surface area (Å²) in [6, 6.07) is 1.26. The van der Waals surface area contributed by atoms with E-state index in [1.165, 1.54) is 6.07 Å². The van der Waals surface area contributed by atoms with Gasteiger partial charge in [0, 0.05) is 13.1 Å². The number of hydrogen-bond acceptors (Lipinski definition) is 4. The monoisotopic (exact) mass is 393 g/mol. The van der Waals surface area contributed by atoms with E-state index in [-0.39, 0.29) is 9.77 Å². The summed E-state index contributed by atoms with van der Waals surface area (Å²) < 4.78 is 27.6. The van der Waals surface area contributed by atoms with E-state index in [0.717, 1.165) is 37.0 Å². The van der Waals surface area contributed by atoms with E-state index in [1.54, 1.807) is 4.31 Å². The van der Waals surface area contributed by atoms with Crippen LogP contribution in [0.5, 0.6) is 0 Å². The van der Waals surface area contributed by atoms with Crippen LogP contribution in [0.2, 0.25) is 0 Å². The number of sulfonamides is 1. The first-order valence-electron chi connectivity index (χ1n) is 6.90. The normalized spacial score (nSPS) is 19.1. The zero-order valence-corrected chi connectivity index (χ0v) is 14.5. The third-order valence-electron chi connectivity index (χ3n) is 3.80. The van der Waals surface area contributed by atoms with E-state index in [0.29, 0.717) is 28.7 Å². The van der Waals surface area contributed by atoms with Crippen molar-refractivity contribution in [1.29, 1.82) is 0 Å². The van der Waals surface area contributed by atoms with Gasteiger partial charge in [-0.15, -0.1) is 11.3 Å². The summed E-state index contributed by atoms with van der Waals surface area (Å²) in [5.74, 6) is -0.164. The van der Waals surface area contributed by atoms with Crippen LogP contribution in [0.15, 0.2) is 14.7 Å². The molecule has 116 valence electrons. The average Bonchev–Trinajstić information content (AvgIpc) is 3.30. The van der Waals surface area contributed by atoms with Gasteiger partial charge in [0.2, 0.25) is 10.0 Å². The minimum atomic E-state index is -3.62. The first-order valence-corrected chi connectivity index (χ1v) is 9.95. The number of carbonyl (C=O) groups is 1. The SMILES string of the molecule is O=C(O)c1cc(S(=O)(=O)N(CC2CC2)CC2CC2)c(Br)s1. The van der Waals surface area contributed by atoms with Crippen LogP contribution >= 0.6 is 27.3 Å². The first kappa shape index (κ1) is 15.5. The van der Waals surface area contributed by atoms with Gasteiger partial charge in [-0.25, -0.2) is 13.2 Å². The largest absolute Gasteiger partial charge is 0.477 e. The summed E-state index contributed by atoms with van der Waals surface area (Å²) in [7, 11) is -3.62. The number of halogens is 1. The second-order valence-corrected chi connectivity index (χ2v) is 10.0. The van der Waals surface area contributed by atoms with E-state index < -0.39 is 16.0 Å². The summed E-state index contributed by atoms with van der Waals surface area (Å²) in [6.07, 6.45) is 4.34. The second kappa shape index (κ2) is 5.64. The van der Waals surface area contributed by atoms with E-state index in [1.807, 2.05) is 0 Å². The highest BCUT2D eigenvalue weighted by atomic mass is 79.9. The molecule has 0 amide bonds. The van der Waals surface area contributed by atoms with Crippen molar-refractivity contribution in [2.45, 2.75) is 30.6 Å². The maximum Gasteiger partial charge on any atom is 0.345 e. The molecule has 0 aliphatic heterocycles. The van der Waals surface area contributed by atoms with Crippen LogP contribution in [0, 0.1) is 11.8 Å². The lowest BCUT2D eigenvalue weighted by atomic mass is 10.4. The molecule has 0 aromatic carbocycles. The van der Waals surface area contributed by atoms with E-state index in [4.69, 9.17) is 5.11 Å². The Labute approximate surface area is 136 Å². The van der Waals surface area contributed by atoms with Crippen LogP contribution in [-0.4, -0.2) is 36.9 Å². The highest BCUT2D eigenvalue weighted by Crippen LogP contribution is 2.39. The van der Waals surface area contributed by atoms with E-state index in [2.05, 4.69) is 15.9 Å². The molecule has 2 fully saturated rings. The number of carboxylic acid groups (broad SMARTS) is 1. The van der Waals surface area contributed by atoms with Crippen LogP contribution in [0.25, 0.3) is 0 Å². The number of hydrogen-bond donors (Lipinski definition) is 1. The van der Waals surface area contributed by atoms with Gasteiger partial charge in [0.15, 0.2) is 0 Å². The highest BCUT2D eigenvalue weighted by molar-refractivity contribution is 9.11. The molecule has 3 rings (SSSR count). The zero-order chi connectivity index (χ0) is 15.2. The van der Waals surface area contributed by atoms with Gasteiger partial charge in [-0.05, 0) is 59.5 Å². The molecule has 21 heavy (non-hydrogen) atoms. The molecule has 1 aromatic rings. The molecule has 5 nitrogen and oxygen atoms in total. The fourth-order valence-electron chi connectivity index (χ4n) is 2.22. The smallest absolute Gasteiger partial charge is 0.345 e. The summed E-state index contributed by atoms with van der Waals surface area (Å²) in [6.45, 7) is 1.12. The molecular formula is C13H16BrNO4S2. The zero-order valence-electron chi connectivity index (χ0n) is 11.3. The molecule has 0 atom stereocenters.